The van der Waals surface area contributed by atoms with E-state index in [0.717, 1.165) is 25.3 Å². The van der Waals surface area contributed by atoms with Gasteiger partial charge in [-0.2, -0.15) is 9.37 Å². The maximum absolute atomic E-state index is 13.6. The van der Waals surface area contributed by atoms with Crippen molar-refractivity contribution in [3.05, 3.63) is 46.9 Å². The molecule has 0 aliphatic carbocycles. The average molecular weight is 314 g/mol. The summed E-state index contributed by atoms with van der Waals surface area (Å²) < 4.78 is 66.6. The van der Waals surface area contributed by atoms with Crippen LogP contribution in [0.15, 0.2) is 24.3 Å². The fourth-order valence-electron chi connectivity index (χ4n) is 1.95. The minimum absolute atomic E-state index is 0.211. The molecule has 0 bridgehead atoms. The smallest absolute Gasteiger partial charge is 0.336 e. The number of hydrogen-bond acceptors (Lipinski definition) is 3. The molecule has 4 nitrogen and oxygen atoms in total. The van der Waals surface area contributed by atoms with Crippen LogP contribution in [0.4, 0.5) is 13.2 Å². The first-order valence-corrected chi connectivity index (χ1v) is 5.97. The zero-order valence-electron chi connectivity index (χ0n) is 14.2. The third-order valence-corrected chi connectivity index (χ3v) is 2.94. The highest BCUT2D eigenvalue weighted by atomic mass is 19.3. The van der Waals surface area contributed by atoms with E-state index in [-0.39, 0.29) is 22.3 Å². The summed E-state index contributed by atoms with van der Waals surface area (Å²) in [6, 6.07) is 3.85. The van der Waals surface area contributed by atoms with Gasteiger partial charge in [0.1, 0.15) is 0 Å². The topological polar surface area (TPSA) is 59.4 Å². The van der Waals surface area contributed by atoms with Gasteiger partial charge in [0.15, 0.2) is 0 Å². The van der Waals surface area contributed by atoms with E-state index in [9.17, 15) is 23.1 Å². The number of alkyl halides is 2. The lowest BCUT2D eigenvalue weighted by atomic mass is 9.97. The van der Waals surface area contributed by atoms with E-state index in [2.05, 4.69) is 4.98 Å². The van der Waals surface area contributed by atoms with Crippen molar-refractivity contribution in [1.29, 1.82) is 0 Å². The minimum Gasteiger partial charge on any atom is -0.480 e. The molecule has 0 fully saturated rings. The lowest BCUT2D eigenvalue weighted by Gasteiger charge is -2.13. The Labute approximate surface area is 128 Å². The number of methoxy groups -OCH3 is 1. The average Bonchev–Trinajstić information content (AvgIpc) is 2.52. The maximum atomic E-state index is 13.6. The molecule has 2 aromatic rings. The van der Waals surface area contributed by atoms with Gasteiger partial charge in [0, 0.05) is 15.2 Å². The molecule has 0 unspecified atom stereocenters. The van der Waals surface area contributed by atoms with Crippen LogP contribution >= 0.6 is 0 Å². The molecular formula is C15H12F3NO3. The van der Waals surface area contributed by atoms with Gasteiger partial charge in [-0.25, -0.2) is 13.6 Å². The number of aryl methyl sites for hydroxylation is 1. The van der Waals surface area contributed by atoms with Crippen LogP contribution in [0.1, 0.15) is 32.0 Å². The monoisotopic (exact) mass is 314 g/mol. The molecule has 1 aromatic carbocycles. The predicted molar refractivity (Wildman–Crippen MR) is 72.8 cm³/mol. The molecule has 0 amide bonds. The maximum Gasteiger partial charge on any atom is 0.336 e. The van der Waals surface area contributed by atoms with Crippen LogP contribution in [0, 0.1) is 12.8 Å². The lowest BCUT2D eigenvalue weighted by Crippen LogP contribution is -2.04. The summed E-state index contributed by atoms with van der Waals surface area (Å²) in [5.41, 5.74) is -2.08. The van der Waals surface area contributed by atoms with Crippen molar-refractivity contribution in [2.24, 2.45) is 0 Å². The van der Waals surface area contributed by atoms with Crippen LogP contribution in [0.3, 0.4) is 0 Å². The van der Waals surface area contributed by atoms with E-state index < -0.39 is 36.6 Å². The van der Waals surface area contributed by atoms with Gasteiger partial charge in [-0.3, -0.25) is 0 Å². The van der Waals surface area contributed by atoms with E-state index >= 15 is 0 Å². The molecular weight excluding hydrogens is 299 g/mol. The van der Waals surface area contributed by atoms with Crippen LogP contribution in [-0.2, 0) is 0 Å². The molecule has 7 heteroatoms. The number of aromatic carboxylic acids is 1. The number of carboxylic acids is 1. The summed E-state index contributed by atoms with van der Waals surface area (Å²) in [5, 5.41) is 9.29. The molecule has 22 heavy (non-hydrogen) atoms. The van der Waals surface area contributed by atoms with Crippen molar-refractivity contribution in [3.63, 3.8) is 0 Å². The number of rotatable bonds is 4. The Morgan fingerprint density at radius 3 is 2.64 bits per heavy atom. The first-order chi connectivity index (χ1) is 11.6. The zero-order chi connectivity index (χ0) is 18.9. The van der Waals surface area contributed by atoms with Crippen molar-refractivity contribution in [1.82, 2.24) is 4.98 Å². The third-order valence-electron chi connectivity index (χ3n) is 2.94. The van der Waals surface area contributed by atoms with Crippen molar-refractivity contribution in [2.45, 2.75) is 13.3 Å². The molecule has 2 rings (SSSR count). The van der Waals surface area contributed by atoms with E-state index in [1.807, 2.05) is 0 Å². The van der Waals surface area contributed by atoms with Gasteiger partial charge in [0.2, 0.25) is 11.8 Å². The SMILES string of the molecule is [2H]C([2H])([2H])c1ccc(C(=O)O)c(-c2cc(C(F)F)c(F)nc2OC)c1. The summed E-state index contributed by atoms with van der Waals surface area (Å²) >= 11 is 0. The highest BCUT2D eigenvalue weighted by molar-refractivity contribution is 5.97. The molecule has 0 saturated heterocycles. The number of carboxylic acid groups (broad SMARTS) is 1. The van der Waals surface area contributed by atoms with Crippen LogP contribution < -0.4 is 4.74 Å². The second-order valence-corrected chi connectivity index (χ2v) is 4.29. The molecule has 116 valence electrons. The van der Waals surface area contributed by atoms with Gasteiger partial charge in [0.25, 0.3) is 6.43 Å². The number of benzene rings is 1. The number of carbonyl (C=O) groups is 1. The molecule has 0 radical (unpaired) electrons. The first kappa shape index (κ1) is 12.0. The van der Waals surface area contributed by atoms with Crippen molar-refractivity contribution < 1.29 is 31.9 Å². The summed E-state index contributed by atoms with van der Waals surface area (Å²) in [7, 11) is 1.10. The van der Waals surface area contributed by atoms with Gasteiger partial charge < -0.3 is 9.84 Å². The fourth-order valence-corrected chi connectivity index (χ4v) is 1.95. The molecule has 1 aromatic heterocycles. The minimum atomic E-state index is -3.20. The number of nitrogens with zero attached hydrogens (tertiary/aromatic N) is 1. The van der Waals surface area contributed by atoms with Gasteiger partial charge in [0.05, 0.1) is 18.2 Å². The normalized spacial score (nSPS) is 13.4. The van der Waals surface area contributed by atoms with Crippen LogP contribution in [0.25, 0.3) is 11.1 Å². The summed E-state index contributed by atoms with van der Waals surface area (Å²) in [5.74, 6) is -3.32. The molecule has 0 aliphatic rings. The summed E-state index contributed by atoms with van der Waals surface area (Å²) in [6.45, 7) is -2.56. The predicted octanol–water partition coefficient (Wildman–Crippen LogP) is 3.84. The molecule has 1 heterocycles. The lowest BCUT2D eigenvalue weighted by molar-refractivity contribution is 0.0697. The van der Waals surface area contributed by atoms with Crippen molar-refractivity contribution in [2.75, 3.05) is 7.11 Å². The van der Waals surface area contributed by atoms with E-state index in [0.29, 0.717) is 6.07 Å². The Hall–Kier alpha value is -2.57. The Balaban J connectivity index is 2.83. The number of hydrogen-bond donors (Lipinski definition) is 1. The Morgan fingerprint density at radius 2 is 2.09 bits per heavy atom. The Kier molecular flexibility index (Phi) is 3.30. The van der Waals surface area contributed by atoms with E-state index in [1.165, 1.54) is 0 Å². The van der Waals surface area contributed by atoms with E-state index in [1.54, 1.807) is 0 Å². The fraction of sp³-hybridized carbons (Fsp3) is 0.200. The quantitative estimate of drug-likeness (QED) is 0.871. The number of pyridine rings is 1. The van der Waals surface area contributed by atoms with Gasteiger partial charge >= 0.3 is 5.97 Å². The first-order valence-electron chi connectivity index (χ1n) is 7.47. The highest BCUT2D eigenvalue weighted by Crippen LogP contribution is 2.35. The van der Waals surface area contributed by atoms with E-state index in [4.69, 9.17) is 8.85 Å². The van der Waals surface area contributed by atoms with Gasteiger partial charge in [-0.1, -0.05) is 17.7 Å². The summed E-state index contributed by atoms with van der Waals surface area (Å²) in [4.78, 5) is 14.7. The number of ether oxygens (including phenoxy) is 1. The molecule has 0 atom stereocenters. The Bertz CT molecular complexity index is 826. The molecule has 0 saturated carbocycles. The number of halogens is 3. The van der Waals surface area contributed by atoms with Crippen molar-refractivity contribution >= 4 is 5.97 Å². The van der Waals surface area contributed by atoms with Crippen LogP contribution in [0.5, 0.6) is 5.88 Å². The second-order valence-electron chi connectivity index (χ2n) is 4.29. The number of aromatic nitrogens is 1. The highest BCUT2D eigenvalue weighted by Gasteiger charge is 2.22. The molecule has 1 N–H and O–H groups in total. The standard InChI is InChI=1S/C15H12F3NO3/c1-7-3-4-8(15(20)21)9(5-7)10-6-11(12(16)17)13(18)19-14(10)22-2/h3-6,12H,1-2H3,(H,20,21)/i1D3. The van der Waals surface area contributed by atoms with Crippen LogP contribution in [-0.4, -0.2) is 23.2 Å². The largest absolute Gasteiger partial charge is 0.480 e. The zero-order valence-corrected chi connectivity index (χ0v) is 11.2. The van der Waals surface area contributed by atoms with Gasteiger partial charge in [-0.15, -0.1) is 0 Å². The third kappa shape index (κ3) is 2.88. The van der Waals surface area contributed by atoms with Gasteiger partial charge in [-0.05, 0) is 19.0 Å². The summed E-state index contributed by atoms with van der Waals surface area (Å²) in [6.07, 6.45) is -3.20. The second kappa shape index (κ2) is 6.05. The Morgan fingerprint density at radius 1 is 1.36 bits per heavy atom. The van der Waals surface area contributed by atoms with Crippen molar-refractivity contribution in [3.8, 4) is 17.0 Å². The molecule has 0 aliphatic heterocycles. The van der Waals surface area contributed by atoms with Crippen LogP contribution in [0.2, 0.25) is 0 Å². The molecule has 0 spiro atoms.